The average molecular weight is 282 g/mol. The quantitative estimate of drug-likeness (QED) is 0.839. The average Bonchev–Trinajstić information content (AvgIpc) is 2.86. The molecule has 1 aliphatic carbocycles. The molecule has 0 aromatic heterocycles. The van der Waals surface area contributed by atoms with Crippen molar-refractivity contribution in [2.24, 2.45) is 11.8 Å². The Morgan fingerprint density at radius 1 is 1.25 bits per heavy atom. The molecule has 0 amide bonds. The van der Waals surface area contributed by atoms with Gasteiger partial charge in [-0.15, -0.1) is 0 Å². The highest BCUT2D eigenvalue weighted by Crippen LogP contribution is 2.33. The van der Waals surface area contributed by atoms with Gasteiger partial charge >= 0.3 is 0 Å². The van der Waals surface area contributed by atoms with Crippen LogP contribution in [-0.4, -0.2) is 59.8 Å². The van der Waals surface area contributed by atoms with Crippen molar-refractivity contribution < 1.29 is 5.11 Å². The fourth-order valence-corrected chi connectivity index (χ4v) is 4.23. The Hall–Kier alpha value is -0.120. The molecule has 1 saturated carbocycles. The normalized spacial score (nSPS) is 36.1. The Balaban J connectivity index is 1.91. The third-order valence-corrected chi connectivity index (χ3v) is 5.73. The molecular weight excluding hydrogens is 248 g/mol. The lowest BCUT2D eigenvalue weighted by molar-refractivity contribution is -0.00121. The number of hydrogen-bond acceptors (Lipinski definition) is 3. The Kier molecular flexibility index (Phi) is 5.88. The van der Waals surface area contributed by atoms with Gasteiger partial charge in [-0.3, -0.25) is 9.80 Å². The topological polar surface area (TPSA) is 26.7 Å². The van der Waals surface area contributed by atoms with Crippen molar-refractivity contribution in [2.75, 3.05) is 26.7 Å². The van der Waals surface area contributed by atoms with Gasteiger partial charge in [0.15, 0.2) is 0 Å². The van der Waals surface area contributed by atoms with Crippen LogP contribution in [0.15, 0.2) is 0 Å². The van der Waals surface area contributed by atoms with Gasteiger partial charge in [0, 0.05) is 18.6 Å². The van der Waals surface area contributed by atoms with Gasteiger partial charge in [0.1, 0.15) is 0 Å². The predicted octanol–water partition coefficient (Wildman–Crippen LogP) is 2.59. The molecule has 4 unspecified atom stereocenters. The van der Waals surface area contributed by atoms with E-state index in [9.17, 15) is 5.11 Å². The zero-order valence-corrected chi connectivity index (χ0v) is 13.9. The maximum Gasteiger partial charge on any atom is 0.0695 e. The molecular formula is C17H34N2O. The van der Waals surface area contributed by atoms with Crippen LogP contribution < -0.4 is 0 Å². The summed E-state index contributed by atoms with van der Waals surface area (Å²) in [5, 5.41) is 10.4. The van der Waals surface area contributed by atoms with E-state index < -0.39 is 0 Å². The lowest BCUT2D eigenvalue weighted by Crippen LogP contribution is -2.50. The first-order chi connectivity index (χ1) is 9.52. The van der Waals surface area contributed by atoms with Gasteiger partial charge in [0.2, 0.25) is 0 Å². The van der Waals surface area contributed by atoms with Gasteiger partial charge < -0.3 is 5.11 Å². The molecule has 0 spiro atoms. The summed E-state index contributed by atoms with van der Waals surface area (Å²) in [6, 6.07) is 1.08. The number of likely N-dealkylation sites (tertiary alicyclic amines) is 1. The van der Waals surface area contributed by atoms with E-state index in [1.807, 2.05) is 0 Å². The van der Waals surface area contributed by atoms with Crippen LogP contribution in [0, 0.1) is 11.8 Å². The summed E-state index contributed by atoms with van der Waals surface area (Å²) in [6.45, 7) is 10.5. The van der Waals surface area contributed by atoms with E-state index in [1.54, 1.807) is 0 Å². The molecule has 1 heterocycles. The molecule has 0 aromatic rings. The molecule has 20 heavy (non-hydrogen) atoms. The fraction of sp³-hybridized carbons (Fsp3) is 1.00. The molecule has 1 saturated heterocycles. The summed E-state index contributed by atoms with van der Waals surface area (Å²) in [5.74, 6) is 1.54. The van der Waals surface area contributed by atoms with Crippen LogP contribution in [0.5, 0.6) is 0 Å². The van der Waals surface area contributed by atoms with E-state index in [2.05, 4.69) is 37.6 Å². The van der Waals surface area contributed by atoms with E-state index >= 15 is 0 Å². The first-order valence-electron chi connectivity index (χ1n) is 8.65. The molecule has 118 valence electrons. The number of rotatable bonds is 5. The number of nitrogens with zero attached hydrogens (tertiary/aromatic N) is 2. The smallest absolute Gasteiger partial charge is 0.0695 e. The van der Waals surface area contributed by atoms with Crippen LogP contribution in [-0.2, 0) is 0 Å². The molecule has 3 heteroatoms. The van der Waals surface area contributed by atoms with Crippen molar-refractivity contribution in [3.63, 3.8) is 0 Å². The Morgan fingerprint density at radius 3 is 2.65 bits per heavy atom. The van der Waals surface area contributed by atoms with Crippen LogP contribution in [0.25, 0.3) is 0 Å². The molecule has 4 atom stereocenters. The van der Waals surface area contributed by atoms with Crippen molar-refractivity contribution >= 4 is 0 Å². The molecule has 1 aliphatic heterocycles. The van der Waals surface area contributed by atoms with Crippen molar-refractivity contribution in [1.29, 1.82) is 0 Å². The molecule has 1 N–H and O–H groups in total. The monoisotopic (exact) mass is 282 g/mol. The number of aliphatic hydroxyl groups excluding tert-OH is 1. The van der Waals surface area contributed by atoms with Crippen LogP contribution >= 0.6 is 0 Å². The van der Waals surface area contributed by atoms with Gasteiger partial charge in [-0.1, -0.05) is 20.8 Å². The van der Waals surface area contributed by atoms with Gasteiger partial charge in [0.25, 0.3) is 0 Å². The summed E-state index contributed by atoms with van der Waals surface area (Å²) in [7, 11) is 2.22. The predicted molar refractivity (Wildman–Crippen MR) is 84.9 cm³/mol. The zero-order valence-electron chi connectivity index (χ0n) is 13.9. The lowest BCUT2D eigenvalue weighted by Gasteiger charge is -2.41. The van der Waals surface area contributed by atoms with Crippen molar-refractivity contribution in [1.82, 2.24) is 9.80 Å². The minimum Gasteiger partial charge on any atom is -0.391 e. The second-order valence-corrected chi connectivity index (χ2v) is 7.32. The SMILES string of the molecule is CCN1CCCC1CN(C)C1CC(C(C)C)CCC1O. The van der Waals surface area contributed by atoms with Crippen LogP contribution in [0.4, 0.5) is 0 Å². The summed E-state index contributed by atoms with van der Waals surface area (Å²) < 4.78 is 0. The zero-order chi connectivity index (χ0) is 14.7. The van der Waals surface area contributed by atoms with Gasteiger partial charge in [-0.25, -0.2) is 0 Å². The minimum atomic E-state index is -0.119. The van der Waals surface area contributed by atoms with E-state index in [-0.39, 0.29) is 6.10 Å². The molecule has 2 fully saturated rings. The summed E-state index contributed by atoms with van der Waals surface area (Å²) >= 11 is 0. The highest BCUT2D eigenvalue weighted by molar-refractivity contribution is 4.89. The second-order valence-electron chi connectivity index (χ2n) is 7.32. The van der Waals surface area contributed by atoms with Crippen LogP contribution in [0.2, 0.25) is 0 Å². The van der Waals surface area contributed by atoms with Crippen molar-refractivity contribution in [3.8, 4) is 0 Å². The summed E-state index contributed by atoms with van der Waals surface area (Å²) in [6.07, 6.45) is 5.91. The van der Waals surface area contributed by atoms with Crippen molar-refractivity contribution in [2.45, 2.75) is 71.1 Å². The van der Waals surface area contributed by atoms with Gasteiger partial charge in [-0.2, -0.15) is 0 Å². The molecule has 2 aliphatic rings. The summed E-state index contributed by atoms with van der Waals surface area (Å²) in [4.78, 5) is 5.06. The van der Waals surface area contributed by atoms with Crippen molar-refractivity contribution in [3.05, 3.63) is 0 Å². The Morgan fingerprint density at radius 2 is 2.00 bits per heavy atom. The molecule has 0 aromatic carbocycles. The third kappa shape index (κ3) is 3.75. The summed E-state index contributed by atoms with van der Waals surface area (Å²) in [5.41, 5.74) is 0. The number of likely N-dealkylation sites (N-methyl/N-ethyl adjacent to an activating group) is 2. The van der Waals surface area contributed by atoms with E-state index in [1.165, 1.54) is 38.8 Å². The Bertz CT molecular complexity index is 295. The molecule has 3 nitrogen and oxygen atoms in total. The van der Waals surface area contributed by atoms with Crippen LogP contribution in [0.3, 0.4) is 0 Å². The van der Waals surface area contributed by atoms with Crippen LogP contribution in [0.1, 0.15) is 52.9 Å². The molecule has 0 radical (unpaired) electrons. The lowest BCUT2D eigenvalue weighted by atomic mass is 9.77. The van der Waals surface area contributed by atoms with Gasteiger partial charge in [-0.05, 0) is 64.1 Å². The minimum absolute atomic E-state index is 0.119. The fourth-order valence-electron chi connectivity index (χ4n) is 4.23. The largest absolute Gasteiger partial charge is 0.391 e. The van der Waals surface area contributed by atoms with E-state index in [4.69, 9.17) is 0 Å². The van der Waals surface area contributed by atoms with E-state index in [0.717, 1.165) is 24.8 Å². The maximum absolute atomic E-state index is 10.4. The number of aliphatic hydroxyl groups is 1. The highest BCUT2D eigenvalue weighted by atomic mass is 16.3. The highest BCUT2D eigenvalue weighted by Gasteiger charge is 2.34. The molecule has 0 bridgehead atoms. The van der Waals surface area contributed by atoms with E-state index in [0.29, 0.717) is 12.1 Å². The first kappa shape index (κ1) is 16.3. The first-order valence-corrected chi connectivity index (χ1v) is 8.65. The molecule has 2 rings (SSSR count). The third-order valence-electron chi connectivity index (χ3n) is 5.73. The maximum atomic E-state index is 10.4. The Labute approximate surface area is 125 Å². The standard InChI is InChI=1S/C17H34N2O/c1-5-19-10-6-7-15(19)12-18(4)16-11-14(13(2)3)8-9-17(16)20/h13-17,20H,5-12H2,1-4H3. The number of hydrogen-bond donors (Lipinski definition) is 1. The second kappa shape index (κ2) is 7.24. The van der Waals surface area contributed by atoms with Gasteiger partial charge in [0.05, 0.1) is 6.10 Å².